The Balaban J connectivity index is 1.59. The van der Waals surface area contributed by atoms with Gasteiger partial charge in [-0.25, -0.2) is 0 Å². The molecule has 0 bridgehead atoms. The summed E-state index contributed by atoms with van der Waals surface area (Å²) in [6.07, 6.45) is 14.2. The van der Waals surface area contributed by atoms with Crippen molar-refractivity contribution in [2.75, 3.05) is 16.5 Å². The van der Waals surface area contributed by atoms with E-state index in [1.54, 1.807) is 0 Å². The van der Waals surface area contributed by atoms with Crippen LogP contribution in [0.2, 0.25) is 0 Å². The Labute approximate surface area is 129 Å². The maximum absolute atomic E-state index is 2.73. The maximum Gasteiger partial charge on any atom is 0.0909 e. The minimum absolute atomic E-state index is 0.786. The lowest BCUT2D eigenvalue weighted by molar-refractivity contribution is 0.393. The van der Waals surface area contributed by atoms with Crippen molar-refractivity contribution in [2.24, 2.45) is 0 Å². The Kier molecular flexibility index (Phi) is 3.79. The van der Waals surface area contributed by atoms with Crippen molar-refractivity contribution in [3.63, 3.8) is 0 Å². The zero-order valence-corrected chi connectivity index (χ0v) is 13.1. The smallest absolute Gasteiger partial charge is 0.0909 e. The number of hydrogen-bond acceptors (Lipinski definition) is 2. The second-order valence-corrected chi connectivity index (χ2v) is 7.15. The maximum atomic E-state index is 2.73. The molecule has 1 aliphatic heterocycles. The molecule has 0 radical (unpaired) electrons. The van der Waals surface area contributed by atoms with Crippen LogP contribution in [-0.4, -0.2) is 18.8 Å². The third-order valence-corrected chi connectivity index (χ3v) is 5.84. The highest BCUT2D eigenvalue weighted by molar-refractivity contribution is 5.77. The lowest BCUT2D eigenvalue weighted by atomic mass is 9.94. The van der Waals surface area contributed by atoms with Gasteiger partial charge in [-0.2, -0.15) is 0 Å². The molecule has 0 atom stereocenters. The van der Waals surface area contributed by atoms with E-state index in [9.17, 15) is 0 Å². The minimum Gasteiger partial charge on any atom is -0.349 e. The average molecular weight is 284 g/mol. The molecular formula is C19H28N2. The molecule has 2 nitrogen and oxygen atoms in total. The zero-order chi connectivity index (χ0) is 14.1. The molecule has 1 heterocycles. The molecule has 114 valence electrons. The fourth-order valence-electron chi connectivity index (χ4n) is 4.68. The molecule has 0 N–H and O–H groups in total. The van der Waals surface area contributed by atoms with Gasteiger partial charge in [0.05, 0.1) is 18.0 Å². The molecule has 2 fully saturated rings. The molecule has 0 amide bonds. The molecular weight excluding hydrogens is 256 g/mol. The summed E-state index contributed by atoms with van der Waals surface area (Å²) < 4.78 is 0. The molecule has 3 aliphatic rings. The van der Waals surface area contributed by atoms with Crippen LogP contribution in [0, 0.1) is 0 Å². The van der Waals surface area contributed by atoms with Crippen LogP contribution in [0.1, 0.15) is 64.2 Å². The molecule has 0 spiro atoms. The second-order valence-electron chi connectivity index (χ2n) is 7.15. The van der Waals surface area contributed by atoms with Crippen molar-refractivity contribution in [3.8, 4) is 0 Å². The van der Waals surface area contributed by atoms with E-state index in [1.807, 2.05) is 0 Å². The third-order valence-electron chi connectivity index (χ3n) is 5.84. The van der Waals surface area contributed by atoms with E-state index in [4.69, 9.17) is 0 Å². The van der Waals surface area contributed by atoms with Gasteiger partial charge in [0, 0.05) is 12.1 Å². The Morgan fingerprint density at radius 1 is 0.619 bits per heavy atom. The van der Waals surface area contributed by atoms with Crippen molar-refractivity contribution < 1.29 is 0 Å². The summed E-state index contributed by atoms with van der Waals surface area (Å²) in [5, 5.41) is 0. The minimum atomic E-state index is 0.786. The largest absolute Gasteiger partial charge is 0.349 e. The Hall–Kier alpha value is -1.18. The predicted molar refractivity (Wildman–Crippen MR) is 90.0 cm³/mol. The van der Waals surface area contributed by atoms with E-state index in [0.717, 1.165) is 18.8 Å². The van der Waals surface area contributed by atoms with E-state index >= 15 is 0 Å². The van der Waals surface area contributed by atoms with Gasteiger partial charge in [0.25, 0.3) is 0 Å². The topological polar surface area (TPSA) is 6.48 Å². The highest BCUT2D eigenvalue weighted by Gasteiger charge is 2.34. The Morgan fingerprint density at radius 3 is 1.48 bits per heavy atom. The van der Waals surface area contributed by atoms with Crippen molar-refractivity contribution in [1.82, 2.24) is 0 Å². The molecule has 2 heteroatoms. The number of hydrogen-bond donors (Lipinski definition) is 0. The summed E-state index contributed by atoms with van der Waals surface area (Å²) >= 11 is 0. The van der Waals surface area contributed by atoms with Crippen molar-refractivity contribution in [1.29, 1.82) is 0 Å². The van der Waals surface area contributed by atoms with Gasteiger partial charge in [-0.1, -0.05) is 50.7 Å². The van der Waals surface area contributed by atoms with Crippen LogP contribution < -0.4 is 9.80 Å². The van der Waals surface area contributed by atoms with Crippen LogP contribution in [-0.2, 0) is 0 Å². The first kappa shape index (κ1) is 13.5. The van der Waals surface area contributed by atoms with Crippen LogP contribution in [0.15, 0.2) is 24.3 Å². The van der Waals surface area contributed by atoms with E-state index in [-0.39, 0.29) is 0 Å². The highest BCUT2D eigenvalue weighted by Crippen LogP contribution is 2.42. The van der Waals surface area contributed by atoms with E-state index in [1.165, 1.54) is 75.6 Å². The van der Waals surface area contributed by atoms with Gasteiger partial charge >= 0.3 is 0 Å². The van der Waals surface area contributed by atoms with E-state index in [0.29, 0.717) is 0 Å². The molecule has 21 heavy (non-hydrogen) atoms. The van der Waals surface area contributed by atoms with Crippen molar-refractivity contribution in [3.05, 3.63) is 24.3 Å². The van der Waals surface area contributed by atoms with Gasteiger partial charge in [-0.15, -0.1) is 0 Å². The fourth-order valence-corrected chi connectivity index (χ4v) is 4.68. The number of nitrogens with zero attached hydrogens (tertiary/aromatic N) is 2. The Morgan fingerprint density at radius 2 is 1.05 bits per heavy atom. The molecule has 1 aromatic carbocycles. The first-order valence-corrected chi connectivity index (χ1v) is 9.06. The number of rotatable bonds is 2. The Bertz CT molecular complexity index is 429. The van der Waals surface area contributed by atoms with Crippen molar-refractivity contribution in [2.45, 2.75) is 76.3 Å². The average Bonchev–Trinajstić information content (AvgIpc) is 2.96. The van der Waals surface area contributed by atoms with Gasteiger partial charge in [0.2, 0.25) is 0 Å². The highest BCUT2D eigenvalue weighted by atomic mass is 15.4. The lowest BCUT2D eigenvalue weighted by Crippen LogP contribution is -2.44. The van der Waals surface area contributed by atoms with Crippen LogP contribution in [0.3, 0.4) is 0 Å². The number of benzene rings is 1. The molecule has 0 saturated heterocycles. The lowest BCUT2D eigenvalue weighted by Gasteiger charge is -2.36. The summed E-state index contributed by atoms with van der Waals surface area (Å²) in [4.78, 5) is 5.45. The van der Waals surface area contributed by atoms with Crippen molar-refractivity contribution >= 4 is 11.4 Å². The van der Waals surface area contributed by atoms with Gasteiger partial charge < -0.3 is 9.80 Å². The summed E-state index contributed by atoms with van der Waals surface area (Å²) in [5.74, 6) is 0. The molecule has 0 aromatic heterocycles. The van der Waals surface area contributed by atoms with E-state index in [2.05, 4.69) is 34.1 Å². The molecule has 2 aliphatic carbocycles. The van der Waals surface area contributed by atoms with Gasteiger partial charge in [0.1, 0.15) is 0 Å². The normalized spacial score (nSPS) is 24.4. The number of anilines is 2. The van der Waals surface area contributed by atoms with Gasteiger partial charge in [-0.3, -0.25) is 0 Å². The first-order chi connectivity index (χ1) is 10.4. The van der Waals surface area contributed by atoms with Crippen LogP contribution in [0.5, 0.6) is 0 Å². The molecule has 0 unspecified atom stereocenters. The van der Waals surface area contributed by atoms with Crippen LogP contribution in [0.4, 0.5) is 11.4 Å². The standard InChI is InChI=1S/C19H28N2/c1-3-9-16(10-4-1)20-15-21(17-11-5-2-6-12-17)19-14-8-7-13-18(19)20/h7-8,13-14,16-17H,1-6,9-12,15H2. The monoisotopic (exact) mass is 284 g/mol. The molecule has 2 saturated carbocycles. The second kappa shape index (κ2) is 5.90. The summed E-state index contributed by atoms with van der Waals surface area (Å²) in [5.41, 5.74) is 3.02. The van der Waals surface area contributed by atoms with E-state index < -0.39 is 0 Å². The number of para-hydroxylation sites is 2. The fraction of sp³-hybridized carbons (Fsp3) is 0.684. The summed E-state index contributed by atoms with van der Waals surface area (Å²) in [6.45, 7) is 1.15. The summed E-state index contributed by atoms with van der Waals surface area (Å²) in [6, 6.07) is 10.7. The van der Waals surface area contributed by atoms with Crippen LogP contribution >= 0.6 is 0 Å². The van der Waals surface area contributed by atoms with Crippen LogP contribution in [0.25, 0.3) is 0 Å². The molecule has 1 aromatic rings. The molecule has 4 rings (SSSR count). The third kappa shape index (κ3) is 2.54. The van der Waals surface area contributed by atoms with Gasteiger partial charge in [0.15, 0.2) is 0 Å². The quantitative estimate of drug-likeness (QED) is 0.759. The summed E-state index contributed by atoms with van der Waals surface area (Å²) in [7, 11) is 0. The number of fused-ring (bicyclic) bond motifs is 1. The first-order valence-electron chi connectivity index (χ1n) is 9.06. The zero-order valence-electron chi connectivity index (χ0n) is 13.1. The predicted octanol–water partition coefficient (Wildman–Crippen LogP) is 4.94. The van der Waals surface area contributed by atoms with Gasteiger partial charge in [-0.05, 0) is 37.8 Å². The SMILES string of the molecule is c1ccc2c(c1)N(C1CCCCC1)CN2C1CCCCC1.